The maximum Gasteiger partial charge on any atom is 0.218 e. The molecule has 5 N–H and O–H groups in total. The van der Waals surface area contributed by atoms with Crippen molar-refractivity contribution in [1.82, 2.24) is 0 Å². The van der Waals surface area contributed by atoms with Crippen molar-refractivity contribution in [2.45, 2.75) is 18.5 Å². The van der Waals surface area contributed by atoms with Gasteiger partial charge in [0, 0.05) is 0 Å². The Morgan fingerprint density at radius 3 is 2.25 bits per heavy atom. The fraction of sp³-hybridized carbons (Fsp3) is 0.667. The molecule has 1 aliphatic rings. The second kappa shape index (κ2) is 3.28. The standard InChI is InChI=1S/C6H10O6/c7-1-2(8)5-3(9)4(10)6(11)12-5/h2,5-11H,1H2/t2-,5-,6?/m1/s1. The van der Waals surface area contributed by atoms with Crippen LogP contribution in [0.25, 0.3) is 0 Å². The summed E-state index contributed by atoms with van der Waals surface area (Å²) >= 11 is 0. The van der Waals surface area contributed by atoms with Crippen molar-refractivity contribution in [2.75, 3.05) is 6.61 Å². The lowest BCUT2D eigenvalue weighted by molar-refractivity contribution is -0.134. The van der Waals surface area contributed by atoms with Crippen molar-refractivity contribution >= 4 is 0 Å². The van der Waals surface area contributed by atoms with Crippen molar-refractivity contribution in [3.63, 3.8) is 0 Å². The highest BCUT2D eigenvalue weighted by Crippen LogP contribution is 2.24. The molecule has 6 nitrogen and oxygen atoms in total. The van der Waals surface area contributed by atoms with Crippen LogP contribution in [-0.4, -0.2) is 50.6 Å². The van der Waals surface area contributed by atoms with Gasteiger partial charge in [0.15, 0.2) is 11.5 Å². The summed E-state index contributed by atoms with van der Waals surface area (Å²) in [4.78, 5) is 0. The first kappa shape index (κ1) is 9.27. The van der Waals surface area contributed by atoms with Crippen LogP contribution in [0, 0.1) is 0 Å². The molecule has 0 radical (unpaired) electrons. The van der Waals surface area contributed by atoms with Crippen LogP contribution in [0.1, 0.15) is 0 Å². The van der Waals surface area contributed by atoms with Crippen molar-refractivity contribution in [2.24, 2.45) is 0 Å². The molecule has 0 fully saturated rings. The Balaban J connectivity index is 2.73. The Morgan fingerprint density at radius 2 is 1.92 bits per heavy atom. The SMILES string of the molecule is OC[C@@H](O)[C@H]1OC(O)C(O)=C1O. The van der Waals surface area contributed by atoms with Gasteiger partial charge in [-0.2, -0.15) is 0 Å². The summed E-state index contributed by atoms with van der Waals surface area (Å²) in [7, 11) is 0. The van der Waals surface area contributed by atoms with Gasteiger partial charge in [-0.3, -0.25) is 0 Å². The van der Waals surface area contributed by atoms with Crippen LogP contribution in [0.3, 0.4) is 0 Å². The average molecular weight is 178 g/mol. The number of aliphatic hydroxyl groups is 5. The molecule has 1 unspecified atom stereocenters. The summed E-state index contributed by atoms with van der Waals surface area (Å²) in [6, 6.07) is 0. The maximum absolute atomic E-state index is 9.00. The van der Waals surface area contributed by atoms with Gasteiger partial charge in [-0.15, -0.1) is 0 Å². The molecule has 70 valence electrons. The molecule has 1 heterocycles. The van der Waals surface area contributed by atoms with Crippen molar-refractivity contribution in [3.8, 4) is 0 Å². The third-order valence-corrected chi connectivity index (χ3v) is 1.58. The molecule has 1 aliphatic heterocycles. The van der Waals surface area contributed by atoms with E-state index in [9.17, 15) is 0 Å². The first-order chi connectivity index (χ1) is 5.57. The van der Waals surface area contributed by atoms with Crippen LogP contribution >= 0.6 is 0 Å². The van der Waals surface area contributed by atoms with E-state index in [1.54, 1.807) is 0 Å². The highest BCUT2D eigenvalue weighted by molar-refractivity contribution is 5.13. The molecule has 0 aromatic rings. The van der Waals surface area contributed by atoms with E-state index in [0.29, 0.717) is 0 Å². The topological polar surface area (TPSA) is 110 Å². The first-order valence-corrected chi connectivity index (χ1v) is 3.32. The average Bonchev–Trinajstić information content (AvgIpc) is 2.32. The van der Waals surface area contributed by atoms with Gasteiger partial charge >= 0.3 is 0 Å². The molecule has 0 aromatic carbocycles. The lowest BCUT2D eigenvalue weighted by Gasteiger charge is -2.15. The van der Waals surface area contributed by atoms with Gasteiger partial charge in [-0.05, 0) is 0 Å². The normalized spacial score (nSPS) is 32.6. The number of aliphatic hydroxyl groups excluding tert-OH is 5. The quantitative estimate of drug-likeness (QED) is 0.348. The molecule has 3 atom stereocenters. The van der Waals surface area contributed by atoms with Gasteiger partial charge in [-0.1, -0.05) is 0 Å². The van der Waals surface area contributed by atoms with Crippen molar-refractivity contribution in [1.29, 1.82) is 0 Å². The first-order valence-electron chi connectivity index (χ1n) is 3.32. The van der Waals surface area contributed by atoms with Crippen LogP contribution in [0.4, 0.5) is 0 Å². The van der Waals surface area contributed by atoms with Gasteiger partial charge < -0.3 is 30.3 Å². The molecule has 1 rings (SSSR count). The highest BCUT2D eigenvalue weighted by Gasteiger charge is 2.37. The Hall–Kier alpha value is -0.820. The van der Waals surface area contributed by atoms with E-state index in [2.05, 4.69) is 4.74 Å². The molecule has 0 spiro atoms. The predicted molar refractivity (Wildman–Crippen MR) is 36.3 cm³/mol. The van der Waals surface area contributed by atoms with Gasteiger partial charge in [-0.25, -0.2) is 0 Å². The molecule has 0 saturated carbocycles. The largest absolute Gasteiger partial charge is 0.506 e. The minimum absolute atomic E-state index is 0.630. The molecule has 0 saturated heterocycles. The summed E-state index contributed by atoms with van der Waals surface area (Å²) in [5.74, 6) is -1.38. The van der Waals surface area contributed by atoms with E-state index in [1.807, 2.05) is 0 Å². The van der Waals surface area contributed by atoms with Gasteiger partial charge in [0.05, 0.1) is 6.61 Å². The van der Waals surface area contributed by atoms with E-state index in [4.69, 9.17) is 25.5 Å². The van der Waals surface area contributed by atoms with Crippen LogP contribution in [-0.2, 0) is 4.74 Å². The fourth-order valence-corrected chi connectivity index (χ4v) is 0.909. The van der Waals surface area contributed by atoms with E-state index in [-0.39, 0.29) is 0 Å². The minimum atomic E-state index is -1.63. The van der Waals surface area contributed by atoms with E-state index in [1.165, 1.54) is 0 Å². The van der Waals surface area contributed by atoms with Crippen molar-refractivity contribution < 1.29 is 30.3 Å². The molecule has 0 amide bonds. The summed E-state index contributed by atoms with van der Waals surface area (Å²) in [5, 5.41) is 44.1. The van der Waals surface area contributed by atoms with E-state index < -0.39 is 36.6 Å². The second-order valence-electron chi connectivity index (χ2n) is 2.43. The van der Waals surface area contributed by atoms with Gasteiger partial charge in [0.25, 0.3) is 0 Å². The van der Waals surface area contributed by atoms with Crippen molar-refractivity contribution in [3.05, 3.63) is 11.5 Å². The van der Waals surface area contributed by atoms with Crippen LogP contribution in [0.5, 0.6) is 0 Å². The Labute approximate surface area is 68.0 Å². The third-order valence-electron chi connectivity index (χ3n) is 1.58. The maximum atomic E-state index is 9.00. The number of rotatable bonds is 2. The van der Waals surface area contributed by atoms with Gasteiger partial charge in [0.1, 0.15) is 12.2 Å². The molecule has 6 heteroatoms. The summed E-state index contributed by atoms with van der Waals surface area (Å²) in [6.45, 7) is -0.630. The molecule has 0 aromatic heterocycles. The highest BCUT2D eigenvalue weighted by atomic mass is 16.6. The monoisotopic (exact) mass is 178 g/mol. The van der Waals surface area contributed by atoms with Crippen LogP contribution in [0.15, 0.2) is 11.5 Å². The minimum Gasteiger partial charge on any atom is -0.506 e. The smallest absolute Gasteiger partial charge is 0.218 e. The summed E-state index contributed by atoms with van der Waals surface area (Å²) < 4.78 is 4.51. The van der Waals surface area contributed by atoms with Crippen LogP contribution < -0.4 is 0 Å². The van der Waals surface area contributed by atoms with E-state index in [0.717, 1.165) is 0 Å². The Morgan fingerprint density at radius 1 is 1.33 bits per heavy atom. The fourth-order valence-electron chi connectivity index (χ4n) is 0.909. The number of hydrogen-bond acceptors (Lipinski definition) is 6. The third kappa shape index (κ3) is 1.37. The molecule has 12 heavy (non-hydrogen) atoms. The lowest BCUT2D eigenvalue weighted by Crippen LogP contribution is -2.32. The Kier molecular flexibility index (Phi) is 2.53. The number of ether oxygens (including phenoxy) is 1. The molecule has 0 bridgehead atoms. The zero-order valence-corrected chi connectivity index (χ0v) is 6.08. The molecule has 0 aliphatic carbocycles. The zero-order chi connectivity index (χ0) is 9.30. The zero-order valence-electron chi connectivity index (χ0n) is 6.08. The summed E-state index contributed by atoms with van der Waals surface area (Å²) in [5.41, 5.74) is 0. The molecular weight excluding hydrogens is 168 g/mol. The Bertz CT molecular complexity index is 200. The van der Waals surface area contributed by atoms with Gasteiger partial charge in [0.2, 0.25) is 6.29 Å². The molecular formula is C6H10O6. The number of hydrogen-bond donors (Lipinski definition) is 5. The lowest BCUT2D eigenvalue weighted by atomic mass is 10.2. The predicted octanol–water partition coefficient (Wildman–Crippen LogP) is -1.62. The summed E-state index contributed by atoms with van der Waals surface area (Å²) in [6.07, 6.45) is -4.24. The second-order valence-corrected chi connectivity index (χ2v) is 2.43. The van der Waals surface area contributed by atoms with E-state index >= 15 is 0 Å². The van der Waals surface area contributed by atoms with Crippen LogP contribution in [0.2, 0.25) is 0 Å².